The Labute approximate surface area is 160 Å². The van der Waals surface area contributed by atoms with E-state index in [1.54, 1.807) is 6.07 Å². The molecule has 12 heteroatoms. The van der Waals surface area contributed by atoms with Crippen LogP contribution >= 0.6 is 11.8 Å². The van der Waals surface area contributed by atoms with Crippen LogP contribution in [0.2, 0.25) is 0 Å². The molecule has 0 saturated carbocycles. The highest BCUT2D eigenvalue weighted by Crippen LogP contribution is 2.37. The fraction of sp³-hybridized carbons (Fsp3) is 0.312. The molecule has 0 bridgehead atoms. The first-order valence-electron chi connectivity index (χ1n) is 8.33. The van der Waals surface area contributed by atoms with Gasteiger partial charge in [0.15, 0.2) is 10.7 Å². The first-order valence-corrected chi connectivity index (χ1v) is 9.32. The van der Waals surface area contributed by atoms with E-state index < -0.39 is 17.9 Å². The van der Waals surface area contributed by atoms with Crippen molar-refractivity contribution in [3.8, 4) is 11.5 Å². The topological polar surface area (TPSA) is 136 Å². The minimum Gasteiger partial charge on any atom is -0.465 e. The van der Waals surface area contributed by atoms with E-state index in [4.69, 9.17) is 14.3 Å². The molecule has 146 valence electrons. The summed E-state index contributed by atoms with van der Waals surface area (Å²) in [4.78, 5) is 22.9. The number of halogens is 1. The monoisotopic (exact) mass is 407 g/mol. The van der Waals surface area contributed by atoms with Crippen molar-refractivity contribution in [3.05, 3.63) is 45.7 Å². The largest absolute Gasteiger partial charge is 0.465 e. The van der Waals surface area contributed by atoms with Crippen LogP contribution in [-0.4, -0.2) is 43.5 Å². The SMILES string of the molecule is O=C(O)NCCSc1nonc1-c1noc(=O)n1C1CCc2ccc(F)cc21. The molecule has 1 atom stereocenters. The van der Waals surface area contributed by atoms with Crippen LogP contribution in [0.15, 0.2) is 37.2 Å². The zero-order chi connectivity index (χ0) is 19.7. The van der Waals surface area contributed by atoms with E-state index in [2.05, 4.69) is 20.8 Å². The zero-order valence-electron chi connectivity index (χ0n) is 14.3. The molecule has 10 nitrogen and oxygen atoms in total. The van der Waals surface area contributed by atoms with Gasteiger partial charge in [0.05, 0.1) is 6.04 Å². The summed E-state index contributed by atoms with van der Waals surface area (Å²) in [5.41, 5.74) is 1.86. The van der Waals surface area contributed by atoms with Crippen LogP contribution in [0.5, 0.6) is 0 Å². The molecule has 0 radical (unpaired) electrons. The number of benzene rings is 1. The number of carbonyl (C=O) groups is 1. The summed E-state index contributed by atoms with van der Waals surface area (Å²) in [5.74, 6) is -0.583. The summed E-state index contributed by atoms with van der Waals surface area (Å²) >= 11 is 1.19. The summed E-state index contributed by atoms with van der Waals surface area (Å²) in [7, 11) is 0. The second kappa shape index (κ2) is 7.46. The van der Waals surface area contributed by atoms with Crippen molar-refractivity contribution >= 4 is 17.9 Å². The molecule has 1 aromatic carbocycles. The first kappa shape index (κ1) is 18.2. The molecule has 2 N–H and O–H groups in total. The maximum absolute atomic E-state index is 13.7. The Morgan fingerprint density at radius 2 is 2.25 bits per heavy atom. The van der Waals surface area contributed by atoms with E-state index in [0.717, 1.165) is 5.56 Å². The van der Waals surface area contributed by atoms with Crippen LogP contribution in [-0.2, 0) is 6.42 Å². The van der Waals surface area contributed by atoms with Crippen LogP contribution in [0, 0.1) is 5.82 Å². The van der Waals surface area contributed by atoms with Crippen LogP contribution in [0.3, 0.4) is 0 Å². The summed E-state index contributed by atoms with van der Waals surface area (Å²) in [6, 6.07) is 4.06. The highest BCUT2D eigenvalue weighted by atomic mass is 32.2. The van der Waals surface area contributed by atoms with E-state index in [9.17, 15) is 14.0 Å². The minimum atomic E-state index is -1.13. The molecular weight excluding hydrogens is 393 g/mol. The van der Waals surface area contributed by atoms with Crippen molar-refractivity contribution in [2.24, 2.45) is 0 Å². The lowest BCUT2D eigenvalue weighted by Gasteiger charge is -2.13. The molecule has 0 fully saturated rings. The molecule has 0 spiro atoms. The number of aromatic nitrogens is 4. The predicted molar refractivity (Wildman–Crippen MR) is 93.7 cm³/mol. The van der Waals surface area contributed by atoms with Gasteiger partial charge in [-0.2, -0.15) is 0 Å². The highest BCUT2D eigenvalue weighted by molar-refractivity contribution is 7.99. The summed E-state index contributed by atoms with van der Waals surface area (Å²) in [5, 5.41) is 22.6. The zero-order valence-corrected chi connectivity index (χ0v) is 15.1. The van der Waals surface area contributed by atoms with Gasteiger partial charge in [0.1, 0.15) is 5.82 Å². The van der Waals surface area contributed by atoms with Gasteiger partial charge < -0.3 is 10.4 Å². The number of fused-ring (bicyclic) bond motifs is 1. The summed E-state index contributed by atoms with van der Waals surface area (Å²) in [6.07, 6.45) is 0.150. The van der Waals surface area contributed by atoms with Crippen molar-refractivity contribution in [2.75, 3.05) is 12.3 Å². The van der Waals surface area contributed by atoms with Gasteiger partial charge in [-0.05, 0) is 46.4 Å². The average molecular weight is 407 g/mol. The molecule has 4 rings (SSSR count). The number of hydrogen-bond acceptors (Lipinski definition) is 8. The van der Waals surface area contributed by atoms with E-state index in [1.807, 2.05) is 0 Å². The van der Waals surface area contributed by atoms with Gasteiger partial charge in [-0.15, -0.1) is 0 Å². The van der Waals surface area contributed by atoms with Gasteiger partial charge in [-0.25, -0.2) is 23.2 Å². The third kappa shape index (κ3) is 3.38. The van der Waals surface area contributed by atoms with Gasteiger partial charge in [-0.1, -0.05) is 23.0 Å². The second-order valence-electron chi connectivity index (χ2n) is 6.04. The third-order valence-corrected chi connectivity index (χ3v) is 5.34. The van der Waals surface area contributed by atoms with E-state index in [1.165, 1.54) is 28.5 Å². The average Bonchev–Trinajstić information content (AvgIpc) is 3.36. The number of carboxylic acid groups (broad SMARTS) is 1. The van der Waals surface area contributed by atoms with Gasteiger partial charge >= 0.3 is 11.8 Å². The second-order valence-corrected chi connectivity index (χ2v) is 7.12. The van der Waals surface area contributed by atoms with Crippen molar-refractivity contribution in [1.29, 1.82) is 0 Å². The molecule has 2 aromatic heterocycles. The Morgan fingerprint density at radius 3 is 3.07 bits per heavy atom. The Balaban J connectivity index is 1.65. The van der Waals surface area contributed by atoms with Crippen molar-refractivity contribution in [2.45, 2.75) is 23.9 Å². The first-order chi connectivity index (χ1) is 13.5. The third-order valence-electron chi connectivity index (χ3n) is 4.39. The number of rotatable bonds is 6. The lowest BCUT2D eigenvalue weighted by Crippen LogP contribution is -2.23. The molecule has 0 saturated heterocycles. The van der Waals surface area contributed by atoms with Crippen LogP contribution < -0.4 is 11.1 Å². The Hall–Kier alpha value is -3.15. The number of nitrogens with zero attached hydrogens (tertiary/aromatic N) is 4. The van der Waals surface area contributed by atoms with Crippen molar-refractivity contribution < 1.29 is 23.4 Å². The molecule has 3 aromatic rings. The minimum absolute atomic E-state index is 0.127. The van der Waals surface area contributed by atoms with E-state index >= 15 is 0 Å². The van der Waals surface area contributed by atoms with Gasteiger partial charge in [0.2, 0.25) is 5.82 Å². The fourth-order valence-corrected chi connectivity index (χ4v) is 3.97. The number of thioether (sulfide) groups is 1. The van der Waals surface area contributed by atoms with Crippen molar-refractivity contribution in [3.63, 3.8) is 0 Å². The molecule has 1 aliphatic carbocycles. The van der Waals surface area contributed by atoms with Gasteiger partial charge in [-0.3, -0.25) is 4.52 Å². The molecule has 0 aliphatic heterocycles. The number of nitrogens with one attached hydrogen (secondary N) is 1. The number of amides is 1. The Kier molecular flexibility index (Phi) is 4.86. The van der Waals surface area contributed by atoms with Crippen LogP contribution in [0.25, 0.3) is 11.5 Å². The molecule has 28 heavy (non-hydrogen) atoms. The van der Waals surface area contributed by atoms with Crippen molar-refractivity contribution in [1.82, 2.24) is 25.4 Å². The Morgan fingerprint density at radius 1 is 1.39 bits per heavy atom. The smallest absolute Gasteiger partial charge is 0.442 e. The molecule has 1 unspecified atom stereocenters. The number of aryl methyl sites for hydroxylation is 1. The van der Waals surface area contributed by atoms with Crippen LogP contribution in [0.1, 0.15) is 23.6 Å². The molecule has 1 aliphatic rings. The normalized spacial score (nSPS) is 15.5. The maximum Gasteiger partial charge on any atom is 0.442 e. The summed E-state index contributed by atoms with van der Waals surface area (Å²) in [6.45, 7) is 0.188. The number of hydrogen-bond donors (Lipinski definition) is 2. The predicted octanol–water partition coefficient (Wildman–Crippen LogP) is 1.92. The molecule has 2 heterocycles. The molecule has 1 amide bonds. The maximum atomic E-state index is 13.7. The molecular formula is C16H14FN5O5S. The van der Waals surface area contributed by atoms with Crippen LogP contribution in [0.4, 0.5) is 9.18 Å². The quantitative estimate of drug-likeness (QED) is 0.464. The van der Waals surface area contributed by atoms with Gasteiger partial charge in [0, 0.05) is 12.3 Å². The van der Waals surface area contributed by atoms with Gasteiger partial charge in [0.25, 0.3) is 0 Å². The van der Waals surface area contributed by atoms with E-state index in [-0.39, 0.29) is 23.9 Å². The lowest BCUT2D eigenvalue weighted by molar-refractivity contribution is 0.195. The Bertz CT molecular complexity index is 1080. The lowest BCUT2D eigenvalue weighted by atomic mass is 10.1. The fourth-order valence-electron chi connectivity index (χ4n) is 3.23. The summed E-state index contributed by atoms with van der Waals surface area (Å²) < 4.78 is 24.7. The highest BCUT2D eigenvalue weighted by Gasteiger charge is 2.31. The van der Waals surface area contributed by atoms with E-state index in [0.29, 0.717) is 29.2 Å². The standard InChI is InChI=1S/C16H14FN5O5S/c17-9-3-1-8-2-4-11(10(8)7-9)22-13(20-26-16(22)25)12-14(21-27-19-12)28-6-5-18-15(23)24/h1,3,7,11,18H,2,4-6H2,(H,23,24).